The number of hydrogen-bond donors (Lipinski definition) is 1. The van der Waals surface area contributed by atoms with Crippen LogP contribution in [0.2, 0.25) is 5.02 Å². The Balaban J connectivity index is 1.58. The Morgan fingerprint density at radius 1 is 1.21 bits per heavy atom. The summed E-state index contributed by atoms with van der Waals surface area (Å²) in [6, 6.07) is 18.6. The standard InChI is InChI=1S/C22H22ClN3O3/c1-15-13-20(25-29-15)24-22(27)21(17-5-3-2-4-6-17)26-11-12-28-19(14-26)16-7-9-18(23)10-8-16/h2-10,13,19,21H,11-12,14H2,1H3,(H,24,25,27)/t19-,21+/m0/s1. The maximum absolute atomic E-state index is 13.2. The van der Waals surface area contributed by atoms with E-state index >= 15 is 0 Å². The molecule has 0 bridgehead atoms. The highest BCUT2D eigenvalue weighted by atomic mass is 35.5. The number of hydrogen-bond acceptors (Lipinski definition) is 5. The monoisotopic (exact) mass is 411 g/mol. The quantitative estimate of drug-likeness (QED) is 0.674. The third-order valence-corrected chi connectivity index (χ3v) is 5.20. The molecule has 1 amide bonds. The van der Waals surface area contributed by atoms with Crippen LogP contribution in [0.25, 0.3) is 0 Å². The van der Waals surface area contributed by atoms with E-state index in [0.29, 0.717) is 36.3 Å². The van der Waals surface area contributed by atoms with E-state index in [1.807, 2.05) is 54.6 Å². The summed E-state index contributed by atoms with van der Waals surface area (Å²) in [7, 11) is 0. The second kappa shape index (κ2) is 8.78. The second-order valence-corrected chi connectivity index (χ2v) is 7.47. The van der Waals surface area contributed by atoms with Gasteiger partial charge in [0, 0.05) is 24.2 Å². The van der Waals surface area contributed by atoms with E-state index in [0.717, 1.165) is 11.1 Å². The van der Waals surface area contributed by atoms with Gasteiger partial charge in [0.15, 0.2) is 5.82 Å². The first-order valence-electron chi connectivity index (χ1n) is 9.50. The van der Waals surface area contributed by atoms with Crippen LogP contribution >= 0.6 is 11.6 Å². The SMILES string of the molecule is Cc1cc(NC(=O)[C@@H](c2ccccc2)N2CCO[C@H](c3ccc(Cl)cc3)C2)no1. The molecule has 1 aliphatic heterocycles. The smallest absolute Gasteiger partial charge is 0.247 e. The minimum Gasteiger partial charge on any atom is -0.371 e. The van der Waals surface area contributed by atoms with Crippen molar-refractivity contribution in [3.63, 3.8) is 0 Å². The zero-order valence-electron chi connectivity index (χ0n) is 16.0. The van der Waals surface area contributed by atoms with E-state index in [4.69, 9.17) is 20.9 Å². The molecule has 1 saturated heterocycles. The molecular formula is C22H22ClN3O3. The number of aromatic nitrogens is 1. The summed E-state index contributed by atoms with van der Waals surface area (Å²) in [6.45, 7) is 3.56. The number of rotatable bonds is 5. The predicted octanol–water partition coefficient (Wildman–Crippen LogP) is 4.39. The number of ether oxygens (including phenoxy) is 1. The van der Waals surface area contributed by atoms with Gasteiger partial charge in [0.25, 0.3) is 0 Å². The average Bonchev–Trinajstić information content (AvgIpc) is 3.14. The van der Waals surface area contributed by atoms with Crippen molar-refractivity contribution in [3.05, 3.63) is 82.6 Å². The molecule has 0 saturated carbocycles. The Morgan fingerprint density at radius 3 is 2.66 bits per heavy atom. The molecule has 2 atom stereocenters. The van der Waals surface area contributed by atoms with Gasteiger partial charge in [-0.2, -0.15) is 0 Å². The predicted molar refractivity (Wildman–Crippen MR) is 111 cm³/mol. The minimum absolute atomic E-state index is 0.130. The van der Waals surface area contributed by atoms with Crippen LogP contribution in [0.15, 0.2) is 65.2 Å². The Kier molecular flexibility index (Phi) is 5.94. The summed E-state index contributed by atoms with van der Waals surface area (Å²) in [5.74, 6) is 0.905. The number of anilines is 1. The molecule has 29 heavy (non-hydrogen) atoms. The molecule has 6 nitrogen and oxygen atoms in total. The lowest BCUT2D eigenvalue weighted by Crippen LogP contribution is -2.45. The van der Waals surface area contributed by atoms with Crippen molar-refractivity contribution in [2.75, 3.05) is 25.0 Å². The number of halogens is 1. The number of morpholine rings is 1. The van der Waals surface area contributed by atoms with E-state index < -0.39 is 6.04 Å². The molecule has 1 N–H and O–H groups in total. The second-order valence-electron chi connectivity index (χ2n) is 7.03. The highest BCUT2D eigenvalue weighted by molar-refractivity contribution is 6.30. The Bertz CT molecular complexity index is 959. The molecule has 7 heteroatoms. The van der Waals surface area contributed by atoms with Crippen molar-refractivity contribution in [2.45, 2.75) is 19.1 Å². The van der Waals surface area contributed by atoms with Gasteiger partial charge in [-0.3, -0.25) is 9.69 Å². The molecule has 1 aromatic heterocycles. The summed E-state index contributed by atoms with van der Waals surface area (Å²) in [4.78, 5) is 15.4. The van der Waals surface area contributed by atoms with Gasteiger partial charge < -0.3 is 14.6 Å². The lowest BCUT2D eigenvalue weighted by molar-refractivity contribution is -0.125. The number of aryl methyl sites for hydroxylation is 1. The van der Waals surface area contributed by atoms with Gasteiger partial charge in [-0.05, 0) is 30.2 Å². The normalized spacial score (nSPS) is 18.3. The fourth-order valence-electron chi connectivity index (χ4n) is 3.57. The molecule has 0 spiro atoms. The van der Waals surface area contributed by atoms with Gasteiger partial charge >= 0.3 is 0 Å². The van der Waals surface area contributed by atoms with Gasteiger partial charge in [0.2, 0.25) is 5.91 Å². The minimum atomic E-state index is -0.466. The number of carbonyl (C=O) groups is 1. The highest BCUT2D eigenvalue weighted by Crippen LogP contribution is 2.30. The highest BCUT2D eigenvalue weighted by Gasteiger charge is 2.33. The molecule has 3 aromatic rings. The average molecular weight is 412 g/mol. The number of carbonyl (C=O) groups excluding carboxylic acids is 1. The van der Waals surface area contributed by atoms with Crippen LogP contribution in [0.5, 0.6) is 0 Å². The van der Waals surface area contributed by atoms with Gasteiger partial charge in [0.05, 0.1) is 12.7 Å². The van der Waals surface area contributed by atoms with Gasteiger partial charge in [-0.15, -0.1) is 0 Å². The molecule has 1 aliphatic rings. The van der Waals surface area contributed by atoms with Crippen LogP contribution in [-0.2, 0) is 9.53 Å². The lowest BCUT2D eigenvalue weighted by atomic mass is 10.0. The van der Waals surface area contributed by atoms with Crippen molar-refractivity contribution in [3.8, 4) is 0 Å². The first kappa shape index (κ1) is 19.6. The van der Waals surface area contributed by atoms with Crippen LogP contribution in [0, 0.1) is 6.92 Å². The molecule has 0 unspecified atom stereocenters. The molecule has 2 heterocycles. The zero-order chi connectivity index (χ0) is 20.2. The molecule has 150 valence electrons. The first-order valence-corrected chi connectivity index (χ1v) is 9.88. The number of amides is 1. The molecule has 2 aromatic carbocycles. The molecular weight excluding hydrogens is 390 g/mol. The lowest BCUT2D eigenvalue weighted by Gasteiger charge is -2.37. The summed E-state index contributed by atoms with van der Waals surface area (Å²) < 4.78 is 11.0. The van der Waals surface area contributed by atoms with Crippen molar-refractivity contribution < 1.29 is 14.1 Å². The van der Waals surface area contributed by atoms with Crippen molar-refractivity contribution in [1.82, 2.24) is 10.1 Å². The van der Waals surface area contributed by atoms with Gasteiger partial charge in [0.1, 0.15) is 11.8 Å². The largest absolute Gasteiger partial charge is 0.371 e. The fourth-order valence-corrected chi connectivity index (χ4v) is 3.69. The number of benzene rings is 2. The third kappa shape index (κ3) is 4.67. The Hall–Kier alpha value is -2.67. The Morgan fingerprint density at radius 2 is 1.97 bits per heavy atom. The van der Waals surface area contributed by atoms with Crippen LogP contribution in [-0.4, -0.2) is 35.7 Å². The summed E-state index contributed by atoms with van der Waals surface area (Å²) in [5.41, 5.74) is 1.96. The van der Waals surface area contributed by atoms with Crippen LogP contribution in [0.1, 0.15) is 29.0 Å². The third-order valence-electron chi connectivity index (χ3n) is 4.95. The summed E-state index contributed by atoms with van der Waals surface area (Å²) in [6.07, 6.45) is -0.130. The maximum atomic E-state index is 13.2. The van der Waals surface area contributed by atoms with Gasteiger partial charge in [-0.1, -0.05) is 59.2 Å². The zero-order valence-corrected chi connectivity index (χ0v) is 16.8. The van der Waals surface area contributed by atoms with E-state index in [9.17, 15) is 4.79 Å². The van der Waals surface area contributed by atoms with Crippen LogP contribution in [0.3, 0.4) is 0 Å². The van der Waals surface area contributed by atoms with Crippen LogP contribution in [0.4, 0.5) is 5.82 Å². The van der Waals surface area contributed by atoms with Gasteiger partial charge in [-0.25, -0.2) is 0 Å². The van der Waals surface area contributed by atoms with E-state index in [-0.39, 0.29) is 12.0 Å². The van der Waals surface area contributed by atoms with Crippen molar-refractivity contribution in [2.24, 2.45) is 0 Å². The van der Waals surface area contributed by atoms with E-state index in [1.54, 1.807) is 13.0 Å². The molecule has 0 aliphatic carbocycles. The summed E-state index contributed by atoms with van der Waals surface area (Å²) in [5, 5.41) is 7.45. The molecule has 4 rings (SSSR count). The number of nitrogens with zero attached hydrogens (tertiary/aromatic N) is 2. The van der Waals surface area contributed by atoms with E-state index in [2.05, 4.69) is 15.4 Å². The fraction of sp³-hybridized carbons (Fsp3) is 0.273. The Labute approximate surface area is 174 Å². The first-order chi connectivity index (χ1) is 14.1. The molecule has 1 fully saturated rings. The van der Waals surface area contributed by atoms with Crippen LogP contribution < -0.4 is 5.32 Å². The van der Waals surface area contributed by atoms with Crippen molar-refractivity contribution >= 4 is 23.3 Å². The summed E-state index contributed by atoms with van der Waals surface area (Å²) >= 11 is 6.01. The molecule has 0 radical (unpaired) electrons. The maximum Gasteiger partial charge on any atom is 0.247 e. The number of nitrogens with one attached hydrogen (secondary N) is 1. The topological polar surface area (TPSA) is 67.6 Å². The van der Waals surface area contributed by atoms with Crippen molar-refractivity contribution in [1.29, 1.82) is 0 Å². The van der Waals surface area contributed by atoms with E-state index in [1.165, 1.54) is 0 Å².